The second-order valence-corrected chi connectivity index (χ2v) is 9.55. The highest BCUT2D eigenvalue weighted by Crippen LogP contribution is 2.39. The molecule has 0 fully saturated rings. The molecular weight excluding hydrogens is 458 g/mol. The fourth-order valence-electron chi connectivity index (χ4n) is 4.64. The zero-order chi connectivity index (χ0) is 24.4. The molecule has 0 radical (unpaired) electrons. The van der Waals surface area contributed by atoms with Gasteiger partial charge in [0.1, 0.15) is 16.8 Å². The highest BCUT2D eigenvalue weighted by Gasteiger charge is 2.20. The molecule has 0 spiro atoms. The predicted molar refractivity (Wildman–Crippen MR) is 140 cm³/mol. The summed E-state index contributed by atoms with van der Waals surface area (Å²) in [4.78, 5) is 19.2. The van der Waals surface area contributed by atoms with Crippen molar-refractivity contribution >= 4 is 33.3 Å². The molecule has 2 aromatic heterocycles. The minimum atomic E-state index is -0.319. The van der Waals surface area contributed by atoms with Gasteiger partial charge in [0.15, 0.2) is 0 Å². The number of nitriles is 1. The summed E-state index contributed by atoms with van der Waals surface area (Å²) in [5.74, 6) is 0.492. The highest BCUT2D eigenvalue weighted by molar-refractivity contribution is 7.16. The first-order chi connectivity index (χ1) is 17.1. The van der Waals surface area contributed by atoms with Crippen LogP contribution < -0.4 is 10.3 Å². The van der Waals surface area contributed by atoms with Gasteiger partial charge in [-0.05, 0) is 68.5 Å². The maximum atomic E-state index is 13.3. The monoisotopic (exact) mass is 483 g/mol. The van der Waals surface area contributed by atoms with Crippen LogP contribution in [-0.4, -0.2) is 22.5 Å². The number of hydrogen-bond acceptors (Lipinski definition) is 6. The number of nitrogens with zero attached hydrogens (tertiary/aromatic N) is 3. The Morgan fingerprint density at radius 2 is 1.86 bits per heavy atom. The summed E-state index contributed by atoms with van der Waals surface area (Å²) >= 11 is 1.56. The van der Waals surface area contributed by atoms with E-state index in [0.29, 0.717) is 44.9 Å². The van der Waals surface area contributed by atoms with Gasteiger partial charge < -0.3 is 9.84 Å². The van der Waals surface area contributed by atoms with Crippen LogP contribution in [0.2, 0.25) is 0 Å². The average molecular weight is 484 g/mol. The standard InChI is InChI=1S/C28H25N3O3S/c1-2-34-19-14-12-18(13-15-19)31-27(32)22-10-7-6-8-20(22)24(28(31)33)17-30-26-23(16-29)21-9-4-3-5-11-25(21)35-26/h6-8,10,12-15,17,33H,2-5,9,11H2,1H3. The quantitative estimate of drug-likeness (QED) is 0.277. The zero-order valence-corrected chi connectivity index (χ0v) is 20.3. The van der Waals surface area contributed by atoms with Crippen molar-refractivity contribution in [3.05, 3.63) is 80.5 Å². The number of pyridine rings is 1. The molecule has 2 heterocycles. The fourth-order valence-corrected chi connectivity index (χ4v) is 5.83. The maximum absolute atomic E-state index is 13.3. The summed E-state index contributed by atoms with van der Waals surface area (Å²) in [6.07, 6.45) is 6.84. The van der Waals surface area contributed by atoms with Gasteiger partial charge in [0.2, 0.25) is 5.88 Å². The molecule has 1 N–H and O–H groups in total. The highest BCUT2D eigenvalue weighted by atomic mass is 32.1. The van der Waals surface area contributed by atoms with Crippen molar-refractivity contribution in [1.82, 2.24) is 4.57 Å². The summed E-state index contributed by atoms with van der Waals surface area (Å²) < 4.78 is 6.79. The molecule has 0 atom stereocenters. The number of aromatic nitrogens is 1. The lowest BCUT2D eigenvalue weighted by Gasteiger charge is -2.14. The average Bonchev–Trinajstić information content (AvgIpc) is 3.04. The Bertz CT molecular complexity index is 1520. The summed E-state index contributed by atoms with van der Waals surface area (Å²) in [6, 6.07) is 16.5. The summed E-state index contributed by atoms with van der Waals surface area (Å²) in [6.45, 7) is 2.44. The first kappa shape index (κ1) is 22.9. The Hall–Kier alpha value is -3.89. The van der Waals surface area contributed by atoms with Crippen LogP contribution in [0.4, 0.5) is 5.00 Å². The molecular formula is C28H25N3O3S. The lowest BCUT2D eigenvalue weighted by atomic mass is 10.1. The Kier molecular flexibility index (Phi) is 6.39. The molecule has 7 heteroatoms. The van der Waals surface area contributed by atoms with Crippen LogP contribution in [0.5, 0.6) is 11.6 Å². The van der Waals surface area contributed by atoms with Crippen LogP contribution >= 0.6 is 11.3 Å². The number of aliphatic imine (C=N–C) groups is 1. The third-order valence-corrected chi connectivity index (χ3v) is 7.53. The van der Waals surface area contributed by atoms with Gasteiger partial charge in [-0.3, -0.25) is 4.79 Å². The molecule has 0 unspecified atom stereocenters. The van der Waals surface area contributed by atoms with E-state index < -0.39 is 0 Å². The fraction of sp³-hybridized carbons (Fsp3) is 0.250. The maximum Gasteiger partial charge on any atom is 0.265 e. The van der Waals surface area contributed by atoms with Gasteiger partial charge in [0.25, 0.3) is 5.56 Å². The Labute approximate surface area is 207 Å². The molecule has 0 saturated carbocycles. The molecule has 1 aliphatic rings. The summed E-state index contributed by atoms with van der Waals surface area (Å²) in [7, 11) is 0. The SMILES string of the molecule is CCOc1ccc(-n2c(O)c(C=Nc3sc4c(c3C#N)CCCCC4)c3ccccc3c2=O)cc1. The number of benzene rings is 2. The van der Waals surface area contributed by atoms with Gasteiger partial charge in [-0.1, -0.05) is 24.6 Å². The predicted octanol–water partition coefficient (Wildman–Crippen LogP) is 6.05. The molecule has 0 aliphatic heterocycles. The molecule has 4 aromatic rings. The summed E-state index contributed by atoms with van der Waals surface area (Å²) in [5.41, 5.74) is 2.39. The first-order valence-corrected chi connectivity index (χ1v) is 12.6. The molecule has 176 valence electrons. The van der Waals surface area contributed by atoms with E-state index in [1.165, 1.54) is 15.9 Å². The molecule has 1 aliphatic carbocycles. The van der Waals surface area contributed by atoms with Crippen molar-refractivity contribution in [2.75, 3.05) is 6.61 Å². The third kappa shape index (κ3) is 4.22. The van der Waals surface area contributed by atoms with Gasteiger partial charge in [-0.2, -0.15) is 5.26 Å². The number of ether oxygens (including phenoxy) is 1. The van der Waals surface area contributed by atoms with E-state index in [9.17, 15) is 15.2 Å². The third-order valence-electron chi connectivity index (χ3n) is 6.33. The van der Waals surface area contributed by atoms with Gasteiger partial charge >= 0.3 is 0 Å². The number of fused-ring (bicyclic) bond motifs is 2. The normalized spacial score (nSPS) is 13.5. The van der Waals surface area contributed by atoms with Crippen molar-refractivity contribution in [3.8, 4) is 23.4 Å². The molecule has 5 rings (SSSR count). The minimum absolute atomic E-state index is 0.196. The van der Waals surface area contributed by atoms with Crippen molar-refractivity contribution in [2.45, 2.75) is 39.0 Å². The van der Waals surface area contributed by atoms with Crippen LogP contribution in [-0.2, 0) is 12.8 Å². The molecule has 0 saturated heterocycles. The Morgan fingerprint density at radius 1 is 1.11 bits per heavy atom. The van der Waals surface area contributed by atoms with Crippen LogP contribution in [0.3, 0.4) is 0 Å². The number of thiophene rings is 1. The molecule has 35 heavy (non-hydrogen) atoms. The molecule has 0 amide bonds. The van der Waals surface area contributed by atoms with E-state index in [1.54, 1.807) is 60.0 Å². The largest absolute Gasteiger partial charge is 0.494 e. The second-order valence-electron chi connectivity index (χ2n) is 8.46. The van der Waals surface area contributed by atoms with Crippen molar-refractivity contribution in [3.63, 3.8) is 0 Å². The lowest BCUT2D eigenvalue weighted by Crippen LogP contribution is -2.20. The van der Waals surface area contributed by atoms with Crippen molar-refractivity contribution < 1.29 is 9.84 Å². The smallest absolute Gasteiger partial charge is 0.265 e. The van der Waals surface area contributed by atoms with E-state index in [-0.39, 0.29) is 11.4 Å². The van der Waals surface area contributed by atoms with Crippen LogP contribution in [0.25, 0.3) is 16.5 Å². The first-order valence-electron chi connectivity index (χ1n) is 11.8. The number of hydrogen-bond donors (Lipinski definition) is 1. The van der Waals surface area contributed by atoms with Gasteiger partial charge in [0, 0.05) is 21.9 Å². The van der Waals surface area contributed by atoms with Gasteiger partial charge in [-0.15, -0.1) is 11.3 Å². The number of rotatable bonds is 5. The number of aryl methyl sites for hydroxylation is 1. The van der Waals surface area contributed by atoms with E-state index in [1.807, 2.05) is 13.0 Å². The van der Waals surface area contributed by atoms with Crippen LogP contribution in [0, 0.1) is 11.3 Å². The van der Waals surface area contributed by atoms with E-state index in [2.05, 4.69) is 11.1 Å². The molecule has 0 bridgehead atoms. The van der Waals surface area contributed by atoms with Gasteiger partial charge in [0.05, 0.1) is 23.4 Å². The summed E-state index contributed by atoms with van der Waals surface area (Å²) in [5, 5.41) is 22.9. The zero-order valence-electron chi connectivity index (χ0n) is 19.5. The Balaban J connectivity index is 1.65. The lowest BCUT2D eigenvalue weighted by molar-refractivity contribution is 0.340. The second kappa shape index (κ2) is 9.77. The van der Waals surface area contributed by atoms with Crippen molar-refractivity contribution in [2.24, 2.45) is 4.99 Å². The minimum Gasteiger partial charge on any atom is -0.494 e. The van der Waals surface area contributed by atoms with Crippen molar-refractivity contribution in [1.29, 1.82) is 5.26 Å². The Morgan fingerprint density at radius 3 is 2.60 bits per heavy atom. The topological polar surface area (TPSA) is 87.6 Å². The van der Waals surface area contributed by atoms with E-state index >= 15 is 0 Å². The molecule has 6 nitrogen and oxygen atoms in total. The molecule has 2 aromatic carbocycles. The number of aromatic hydroxyl groups is 1. The van der Waals surface area contributed by atoms with Crippen LogP contribution in [0.1, 0.15) is 47.8 Å². The van der Waals surface area contributed by atoms with Gasteiger partial charge in [-0.25, -0.2) is 9.56 Å². The van der Waals surface area contributed by atoms with Crippen LogP contribution in [0.15, 0.2) is 58.3 Å². The van der Waals surface area contributed by atoms with E-state index in [4.69, 9.17) is 4.74 Å². The van der Waals surface area contributed by atoms with E-state index in [0.717, 1.165) is 31.2 Å².